The molecule has 1 atom stereocenters. The number of aliphatic hydroxyl groups is 1. The third-order valence-corrected chi connectivity index (χ3v) is 3.95. The molecule has 0 saturated heterocycles. The number of sulfonamides is 1. The van der Waals surface area contributed by atoms with Gasteiger partial charge in [-0.05, 0) is 24.1 Å². The molecule has 0 saturated carbocycles. The van der Waals surface area contributed by atoms with Crippen molar-refractivity contribution in [3.8, 4) is 0 Å². The van der Waals surface area contributed by atoms with E-state index >= 15 is 0 Å². The van der Waals surface area contributed by atoms with Crippen molar-refractivity contribution < 1.29 is 17.9 Å². The molecule has 102 valence electrons. The van der Waals surface area contributed by atoms with E-state index in [1.54, 1.807) is 0 Å². The summed E-state index contributed by atoms with van der Waals surface area (Å²) >= 11 is 0. The van der Waals surface area contributed by atoms with Gasteiger partial charge in [0, 0.05) is 6.54 Å². The fraction of sp³-hybridized carbons (Fsp3) is 0.500. The lowest BCUT2D eigenvalue weighted by atomic mass is 10.1. The minimum atomic E-state index is -3.34. The van der Waals surface area contributed by atoms with Crippen LogP contribution < -0.4 is 4.72 Å². The first kappa shape index (κ1) is 15.1. The van der Waals surface area contributed by atoms with Gasteiger partial charge >= 0.3 is 0 Å². The van der Waals surface area contributed by atoms with E-state index in [1.807, 2.05) is 6.92 Å². The fourth-order valence-corrected chi connectivity index (χ4v) is 2.64. The SMILES string of the molecule is CCCCS(=O)(=O)NCC(O)c1ccc(F)cc1. The van der Waals surface area contributed by atoms with Crippen LogP contribution in [0.3, 0.4) is 0 Å². The van der Waals surface area contributed by atoms with Crippen molar-refractivity contribution in [2.45, 2.75) is 25.9 Å². The zero-order valence-corrected chi connectivity index (χ0v) is 11.1. The number of unbranched alkanes of at least 4 members (excludes halogenated alkanes) is 1. The second-order valence-electron chi connectivity index (χ2n) is 4.09. The Balaban J connectivity index is 2.50. The first-order chi connectivity index (χ1) is 8.44. The third kappa shape index (κ3) is 5.12. The Bertz CT molecular complexity index is 459. The normalized spacial score (nSPS) is 13.5. The molecule has 0 aliphatic rings. The first-order valence-electron chi connectivity index (χ1n) is 5.85. The van der Waals surface area contributed by atoms with Gasteiger partial charge in [-0.2, -0.15) is 0 Å². The second kappa shape index (κ2) is 6.82. The van der Waals surface area contributed by atoms with Crippen LogP contribution in [0, 0.1) is 5.82 Å². The molecular formula is C12H18FNO3S. The van der Waals surface area contributed by atoms with Gasteiger partial charge in [0.25, 0.3) is 0 Å². The molecule has 0 aliphatic heterocycles. The molecule has 0 radical (unpaired) electrons. The van der Waals surface area contributed by atoms with Crippen LogP contribution in [-0.2, 0) is 10.0 Å². The van der Waals surface area contributed by atoms with Crippen LogP contribution in [0.15, 0.2) is 24.3 Å². The van der Waals surface area contributed by atoms with Crippen molar-refractivity contribution in [1.82, 2.24) is 4.72 Å². The minimum absolute atomic E-state index is 0.0552. The van der Waals surface area contributed by atoms with Crippen LogP contribution in [0.2, 0.25) is 0 Å². The van der Waals surface area contributed by atoms with E-state index in [9.17, 15) is 17.9 Å². The lowest BCUT2D eigenvalue weighted by molar-refractivity contribution is 0.182. The van der Waals surface area contributed by atoms with Crippen molar-refractivity contribution >= 4 is 10.0 Å². The standard InChI is InChI=1S/C12H18FNO3S/c1-2-3-8-18(16,17)14-9-12(15)10-4-6-11(13)7-5-10/h4-7,12,14-15H,2-3,8-9H2,1H3. The van der Waals surface area contributed by atoms with Gasteiger partial charge in [-0.25, -0.2) is 17.5 Å². The Morgan fingerprint density at radius 1 is 1.33 bits per heavy atom. The lowest BCUT2D eigenvalue weighted by Gasteiger charge is -2.12. The van der Waals surface area contributed by atoms with Crippen LogP contribution in [0.5, 0.6) is 0 Å². The van der Waals surface area contributed by atoms with Crippen LogP contribution in [0.1, 0.15) is 31.4 Å². The van der Waals surface area contributed by atoms with Gasteiger partial charge in [0.15, 0.2) is 0 Å². The van der Waals surface area contributed by atoms with Crippen molar-refractivity contribution in [2.24, 2.45) is 0 Å². The molecule has 0 aliphatic carbocycles. The Hall–Kier alpha value is -0.980. The number of nitrogens with one attached hydrogen (secondary N) is 1. The summed E-state index contributed by atoms with van der Waals surface area (Å²) in [5, 5.41) is 9.75. The second-order valence-corrected chi connectivity index (χ2v) is 6.01. The number of benzene rings is 1. The van der Waals surface area contributed by atoms with Gasteiger partial charge in [-0.3, -0.25) is 0 Å². The maximum Gasteiger partial charge on any atom is 0.211 e. The summed E-state index contributed by atoms with van der Waals surface area (Å²) in [6.07, 6.45) is 0.408. The van der Waals surface area contributed by atoms with E-state index in [-0.39, 0.29) is 12.3 Å². The Labute approximate surface area is 107 Å². The van der Waals surface area contributed by atoms with Gasteiger partial charge in [-0.1, -0.05) is 25.5 Å². The van der Waals surface area contributed by atoms with Crippen molar-refractivity contribution in [2.75, 3.05) is 12.3 Å². The van der Waals surface area contributed by atoms with E-state index in [0.717, 1.165) is 6.42 Å². The molecule has 1 aromatic carbocycles. The summed E-state index contributed by atoms with van der Waals surface area (Å²) in [5.41, 5.74) is 0.481. The van der Waals surface area contributed by atoms with Crippen LogP contribution in [-0.4, -0.2) is 25.8 Å². The van der Waals surface area contributed by atoms with E-state index < -0.39 is 21.9 Å². The average Bonchev–Trinajstić information content (AvgIpc) is 2.35. The van der Waals surface area contributed by atoms with Crippen LogP contribution >= 0.6 is 0 Å². The summed E-state index contributed by atoms with van der Waals surface area (Å²) in [6, 6.07) is 5.31. The smallest absolute Gasteiger partial charge is 0.211 e. The van der Waals surface area contributed by atoms with Crippen molar-refractivity contribution in [3.63, 3.8) is 0 Å². The summed E-state index contributed by atoms with van der Waals surface area (Å²) in [5.74, 6) is -0.339. The predicted molar refractivity (Wildman–Crippen MR) is 68.1 cm³/mol. The van der Waals surface area contributed by atoms with E-state index in [1.165, 1.54) is 24.3 Å². The lowest BCUT2D eigenvalue weighted by Crippen LogP contribution is -2.30. The third-order valence-electron chi connectivity index (χ3n) is 2.52. The minimum Gasteiger partial charge on any atom is -0.387 e. The highest BCUT2D eigenvalue weighted by molar-refractivity contribution is 7.89. The van der Waals surface area contributed by atoms with Gasteiger partial charge < -0.3 is 5.11 Å². The predicted octanol–water partition coefficient (Wildman–Crippen LogP) is 1.58. The number of hydrogen-bond acceptors (Lipinski definition) is 3. The van der Waals surface area contributed by atoms with Crippen LogP contribution in [0.25, 0.3) is 0 Å². The Morgan fingerprint density at radius 2 is 1.94 bits per heavy atom. The summed E-state index contributed by atoms with van der Waals surface area (Å²) in [6.45, 7) is 1.81. The monoisotopic (exact) mass is 275 g/mol. The molecule has 1 rings (SSSR count). The maximum absolute atomic E-state index is 12.7. The molecule has 0 fully saturated rings. The molecule has 2 N–H and O–H groups in total. The topological polar surface area (TPSA) is 66.4 Å². The van der Waals surface area contributed by atoms with Gasteiger partial charge in [0.2, 0.25) is 10.0 Å². The fourth-order valence-electron chi connectivity index (χ4n) is 1.42. The largest absolute Gasteiger partial charge is 0.387 e. The highest BCUT2D eigenvalue weighted by atomic mass is 32.2. The van der Waals surface area contributed by atoms with Crippen LogP contribution in [0.4, 0.5) is 4.39 Å². The molecule has 0 bridgehead atoms. The highest BCUT2D eigenvalue weighted by Gasteiger charge is 2.13. The summed E-state index contributed by atoms with van der Waals surface area (Å²) in [7, 11) is -3.34. The molecule has 6 heteroatoms. The molecular weight excluding hydrogens is 257 g/mol. The average molecular weight is 275 g/mol. The molecule has 0 amide bonds. The zero-order valence-electron chi connectivity index (χ0n) is 10.3. The van der Waals surface area contributed by atoms with Crippen molar-refractivity contribution in [3.05, 3.63) is 35.6 Å². The van der Waals surface area contributed by atoms with E-state index in [0.29, 0.717) is 12.0 Å². The highest BCUT2D eigenvalue weighted by Crippen LogP contribution is 2.12. The Kier molecular flexibility index (Phi) is 5.71. The Morgan fingerprint density at radius 3 is 2.50 bits per heavy atom. The number of hydrogen-bond donors (Lipinski definition) is 2. The molecule has 1 unspecified atom stereocenters. The van der Waals surface area contributed by atoms with E-state index in [4.69, 9.17) is 0 Å². The first-order valence-corrected chi connectivity index (χ1v) is 7.50. The molecule has 0 aromatic heterocycles. The zero-order chi connectivity index (χ0) is 13.6. The van der Waals surface area contributed by atoms with Gasteiger partial charge in [0.1, 0.15) is 5.82 Å². The van der Waals surface area contributed by atoms with Gasteiger partial charge in [-0.15, -0.1) is 0 Å². The quantitative estimate of drug-likeness (QED) is 0.794. The van der Waals surface area contributed by atoms with Gasteiger partial charge in [0.05, 0.1) is 11.9 Å². The number of rotatable bonds is 7. The molecule has 0 spiro atoms. The number of halogens is 1. The molecule has 1 aromatic rings. The number of aliphatic hydroxyl groups excluding tert-OH is 1. The van der Waals surface area contributed by atoms with Crippen molar-refractivity contribution in [1.29, 1.82) is 0 Å². The molecule has 18 heavy (non-hydrogen) atoms. The molecule has 4 nitrogen and oxygen atoms in total. The summed E-state index contributed by atoms with van der Waals surface area (Å²) in [4.78, 5) is 0. The maximum atomic E-state index is 12.7. The molecule has 0 heterocycles. The summed E-state index contributed by atoms with van der Waals surface area (Å²) < 4.78 is 38.0. The van der Waals surface area contributed by atoms with E-state index in [2.05, 4.69) is 4.72 Å².